The van der Waals surface area contributed by atoms with Crippen LogP contribution in [0.15, 0.2) is 30.5 Å². The van der Waals surface area contributed by atoms with Crippen LogP contribution in [0, 0.1) is 0 Å². The Bertz CT molecular complexity index is 802. The molecule has 5 nitrogen and oxygen atoms in total. The van der Waals surface area contributed by atoms with Crippen LogP contribution in [0.1, 0.15) is 36.0 Å². The van der Waals surface area contributed by atoms with Crippen molar-refractivity contribution in [1.29, 1.82) is 0 Å². The molecule has 1 saturated carbocycles. The van der Waals surface area contributed by atoms with E-state index in [-0.39, 0.29) is 18.0 Å². The maximum absolute atomic E-state index is 12.5. The molecule has 1 aliphatic rings. The van der Waals surface area contributed by atoms with Crippen LogP contribution in [0.25, 0.3) is 10.9 Å². The van der Waals surface area contributed by atoms with E-state index >= 15 is 0 Å². The van der Waals surface area contributed by atoms with E-state index < -0.39 is 12.7 Å². The van der Waals surface area contributed by atoms with Crippen LogP contribution in [-0.2, 0) is 0 Å². The van der Waals surface area contributed by atoms with E-state index in [1.807, 2.05) is 6.07 Å². The molecule has 27 heavy (non-hydrogen) atoms. The van der Waals surface area contributed by atoms with Crippen LogP contribution in [0.5, 0.6) is 5.75 Å². The first-order chi connectivity index (χ1) is 12.8. The van der Waals surface area contributed by atoms with E-state index in [1.165, 1.54) is 6.20 Å². The van der Waals surface area contributed by atoms with Gasteiger partial charge < -0.3 is 15.4 Å². The molecule has 0 radical (unpaired) electrons. The second kappa shape index (κ2) is 8.12. The minimum absolute atomic E-state index is 0.0343. The van der Waals surface area contributed by atoms with Crippen molar-refractivity contribution in [1.82, 2.24) is 15.6 Å². The highest BCUT2D eigenvalue weighted by atomic mass is 19.4. The lowest BCUT2D eigenvalue weighted by Gasteiger charge is -2.30. The van der Waals surface area contributed by atoms with Crippen LogP contribution in [0.3, 0.4) is 0 Å². The number of ether oxygens (including phenoxy) is 1. The highest BCUT2D eigenvalue weighted by molar-refractivity contribution is 5.97. The second-order valence-corrected chi connectivity index (χ2v) is 6.80. The molecule has 0 unspecified atom stereocenters. The first kappa shape index (κ1) is 19.4. The number of fused-ring (bicyclic) bond motifs is 1. The number of nitrogens with one attached hydrogen (secondary N) is 2. The molecule has 1 aromatic heterocycles. The van der Waals surface area contributed by atoms with Crippen molar-refractivity contribution < 1.29 is 22.7 Å². The summed E-state index contributed by atoms with van der Waals surface area (Å²) in [6.45, 7) is -0.970. The van der Waals surface area contributed by atoms with Gasteiger partial charge in [0, 0.05) is 29.7 Å². The van der Waals surface area contributed by atoms with Gasteiger partial charge in [-0.1, -0.05) is 0 Å². The third-order valence-corrected chi connectivity index (χ3v) is 4.81. The standard InChI is InChI=1S/C19H22F3N3O2/c1-27-16-7-2-12-8-13(10-23-17(12)9-16)18(26)25-15-5-3-14(4-6-15)24-11-19(20,21)22/h2,7-10,14-15,24H,3-6,11H2,1H3,(H,25,26)/t14-,15-. The second-order valence-electron chi connectivity index (χ2n) is 6.80. The Morgan fingerprint density at radius 3 is 2.56 bits per heavy atom. The Kier molecular flexibility index (Phi) is 5.84. The minimum atomic E-state index is -4.20. The van der Waals surface area contributed by atoms with E-state index in [0.717, 1.165) is 10.9 Å². The SMILES string of the molecule is COc1ccc2cc(C(=O)N[C@H]3CC[C@H](NCC(F)(F)F)CC3)cnc2c1. The highest BCUT2D eigenvalue weighted by Gasteiger charge is 2.30. The molecule has 0 spiro atoms. The van der Waals surface area contributed by atoms with Crippen molar-refractivity contribution in [3.8, 4) is 5.75 Å². The molecule has 3 rings (SSSR count). The molecule has 1 aromatic carbocycles. The Balaban J connectivity index is 1.54. The van der Waals surface area contributed by atoms with Crippen molar-refractivity contribution in [3.05, 3.63) is 36.0 Å². The zero-order chi connectivity index (χ0) is 19.4. The summed E-state index contributed by atoms with van der Waals surface area (Å²) in [6.07, 6.45) is -0.154. The van der Waals surface area contributed by atoms with Crippen molar-refractivity contribution in [2.75, 3.05) is 13.7 Å². The molecule has 0 saturated heterocycles. The maximum atomic E-state index is 12.5. The zero-order valence-corrected chi connectivity index (χ0v) is 15.0. The van der Waals surface area contributed by atoms with Gasteiger partial charge in [0.1, 0.15) is 5.75 Å². The Labute approximate surface area is 155 Å². The molecule has 1 amide bonds. The van der Waals surface area contributed by atoms with E-state index in [2.05, 4.69) is 15.6 Å². The topological polar surface area (TPSA) is 63.2 Å². The predicted molar refractivity (Wildman–Crippen MR) is 95.9 cm³/mol. The third-order valence-electron chi connectivity index (χ3n) is 4.81. The molecule has 146 valence electrons. The summed E-state index contributed by atoms with van der Waals surface area (Å²) in [4.78, 5) is 16.8. The summed E-state index contributed by atoms with van der Waals surface area (Å²) >= 11 is 0. The summed E-state index contributed by atoms with van der Waals surface area (Å²) in [5, 5.41) is 6.34. The highest BCUT2D eigenvalue weighted by Crippen LogP contribution is 2.22. The quantitative estimate of drug-likeness (QED) is 0.833. The number of benzene rings is 1. The Morgan fingerprint density at radius 1 is 1.19 bits per heavy atom. The van der Waals surface area contributed by atoms with Crippen molar-refractivity contribution in [2.24, 2.45) is 0 Å². The molecule has 1 aliphatic carbocycles. The van der Waals surface area contributed by atoms with Gasteiger partial charge in [-0.15, -0.1) is 0 Å². The zero-order valence-electron chi connectivity index (χ0n) is 15.0. The number of carbonyl (C=O) groups excluding carboxylic acids is 1. The number of amides is 1. The molecule has 2 aromatic rings. The molecular formula is C19H22F3N3O2. The number of hydrogen-bond donors (Lipinski definition) is 2. The first-order valence-electron chi connectivity index (χ1n) is 8.89. The average molecular weight is 381 g/mol. The number of aromatic nitrogens is 1. The average Bonchev–Trinajstić information content (AvgIpc) is 2.66. The summed E-state index contributed by atoms with van der Waals surface area (Å²) in [6, 6.07) is 7.03. The molecule has 8 heteroatoms. The maximum Gasteiger partial charge on any atom is 0.401 e. The van der Waals surface area contributed by atoms with Gasteiger partial charge in [-0.25, -0.2) is 0 Å². The van der Waals surface area contributed by atoms with E-state index in [1.54, 1.807) is 25.3 Å². The van der Waals surface area contributed by atoms with Gasteiger partial charge in [0.15, 0.2) is 0 Å². The number of rotatable bonds is 5. The van der Waals surface area contributed by atoms with Gasteiger partial charge in [-0.05, 0) is 43.9 Å². The van der Waals surface area contributed by atoms with Crippen LogP contribution in [-0.4, -0.2) is 42.8 Å². The fourth-order valence-electron chi connectivity index (χ4n) is 3.32. The fourth-order valence-corrected chi connectivity index (χ4v) is 3.32. The normalized spacial score (nSPS) is 20.4. The summed E-state index contributed by atoms with van der Waals surface area (Å²) in [7, 11) is 1.58. The predicted octanol–water partition coefficient (Wildman–Crippen LogP) is 3.44. The van der Waals surface area contributed by atoms with Crippen LogP contribution in [0.2, 0.25) is 0 Å². The number of hydrogen-bond acceptors (Lipinski definition) is 4. The largest absolute Gasteiger partial charge is 0.497 e. The number of carbonyl (C=O) groups is 1. The van der Waals surface area contributed by atoms with Gasteiger partial charge in [0.25, 0.3) is 5.91 Å². The summed E-state index contributed by atoms with van der Waals surface area (Å²) in [5.74, 6) is 0.481. The first-order valence-corrected chi connectivity index (χ1v) is 8.89. The van der Waals surface area contributed by atoms with Gasteiger partial charge in [0.2, 0.25) is 0 Å². The Hall–Kier alpha value is -2.35. The summed E-state index contributed by atoms with van der Waals surface area (Å²) in [5.41, 5.74) is 1.20. The lowest BCUT2D eigenvalue weighted by Crippen LogP contribution is -2.44. The van der Waals surface area contributed by atoms with E-state index in [4.69, 9.17) is 4.74 Å². The molecule has 1 heterocycles. The number of methoxy groups -OCH3 is 1. The van der Waals surface area contributed by atoms with E-state index in [0.29, 0.717) is 37.0 Å². The number of halogens is 3. The van der Waals surface area contributed by atoms with Crippen molar-refractivity contribution >= 4 is 16.8 Å². The number of pyridine rings is 1. The number of nitrogens with zero attached hydrogens (tertiary/aromatic N) is 1. The lowest BCUT2D eigenvalue weighted by atomic mass is 9.91. The van der Waals surface area contributed by atoms with Gasteiger partial charge in [-0.3, -0.25) is 9.78 Å². The Morgan fingerprint density at radius 2 is 1.89 bits per heavy atom. The summed E-state index contributed by atoms with van der Waals surface area (Å²) < 4.78 is 42.0. The van der Waals surface area contributed by atoms with Crippen LogP contribution >= 0.6 is 0 Å². The third kappa shape index (κ3) is 5.32. The molecule has 0 atom stereocenters. The number of alkyl halides is 3. The molecule has 1 fully saturated rings. The van der Waals surface area contributed by atoms with Crippen molar-refractivity contribution in [2.45, 2.75) is 43.9 Å². The monoisotopic (exact) mass is 381 g/mol. The van der Waals surface area contributed by atoms with Crippen LogP contribution in [0.4, 0.5) is 13.2 Å². The minimum Gasteiger partial charge on any atom is -0.497 e. The molecular weight excluding hydrogens is 359 g/mol. The molecule has 0 aliphatic heterocycles. The fraction of sp³-hybridized carbons (Fsp3) is 0.474. The van der Waals surface area contributed by atoms with Gasteiger partial charge in [-0.2, -0.15) is 13.2 Å². The molecule has 2 N–H and O–H groups in total. The lowest BCUT2D eigenvalue weighted by molar-refractivity contribution is -0.126. The van der Waals surface area contributed by atoms with E-state index in [9.17, 15) is 18.0 Å². The molecule has 0 bridgehead atoms. The van der Waals surface area contributed by atoms with Gasteiger partial charge in [0.05, 0.1) is 24.7 Å². The van der Waals surface area contributed by atoms with Gasteiger partial charge >= 0.3 is 6.18 Å². The van der Waals surface area contributed by atoms with Crippen LogP contribution < -0.4 is 15.4 Å². The smallest absolute Gasteiger partial charge is 0.401 e. The van der Waals surface area contributed by atoms with Crippen molar-refractivity contribution in [3.63, 3.8) is 0 Å².